The highest BCUT2D eigenvalue weighted by atomic mass is 32.2. The number of nitrogens with one attached hydrogen (secondary N) is 1. The van der Waals surface area contributed by atoms with Gasteiger partial charge in [0, 0.05) is 30.2 Å². The molecule has 0 unspecified atom stereocenters. The number of hydrogen-bond acceptors (Lipinski definition) is 8. The predicted molar refractivity (Wildman–Crippen MR) is 171 cm³/mol. The molecule has 1 N–H and O–H groups in total. The molecule has 244 valence electrons. The van der Waals surface area contributed by atoms with Crippen molar-refractivity contribution in [3.05, 3.63) is 63.7 Å². The number of ether oxygens (including phenoxy) is 1. The van der Waals surface area contributed by atoms with Crippen LogP contribution in [0.25, 0.3) is 11.0 Å². The van der Waals surface area contributed by atoms with E-state index in [1.807, 2.05) is 13.0 Å². The van der Waals surface area contributed by atoms with Crippen LogP contribution in [0.3, 0.4) is 0 Å². The zero-order valence-electron chi connectivity index (χ0n) is 25.9. The van der Waals surface area contributed by atoms with Crippen molar-refractivity contribution >= 4 is 26.7 Å². The first-order valence-corrected chi connectivity index (χ1v) is 18.1. The molecule has 1 atom stereocenters. The van der Waals surface area contributed by atoms with Crippen LogP contribution in [0, 0.1) is 5.92 Å². The van der Waals surface area contributed by atoms with E-state index >= 15 is 8.78 Å². The summed E-state index contributed by atoms with van der Waals surface area (Å²) in [6, 6.07) is 8.04. The third-order valence-electron chi connectivity index (χ3n) is 9.79. The molecule has 0 amide bonds. The lowest BCUT2D eigenvalue weighted by Gasteiger charge is -2.33. The number of sulfone groups is 1. The van der Waals surface area contributed by atoms with E-state index in [-0.39, 0.29) is 46.9 Å². The molecule has 4 aliphatic heterocycles. The van der Waals surface area contributed by atoms with Crippen LogP contribution in [0.15, 0.2) is 41.5 Å². The standard InChI is InChI=1S/C33H43F2N5O4S/c1-23-26-5-4-6-27(19-26)33(34,35)21-24-7-12-39(13-8-24)11-2-3-15-44-16-14-40-31-29(30(38-23)36-22-37-31)20-28(32(40)41)25-9-17-45(42,43)18-10-25/h4-6,19-20,22-25H,2-3,7-18,21H2,1H3,(H,36,37,38)/t23-/m1/s1. The lowest BCUT2D eigenvalue weighted by atomic mass is 9.87. The number of nitrogens with zero attached hydrogens (tertiary/aromatic N) is 4. The molecule has 2 aromatic heterocycles. The number of benzene rings is 1. The summed E-state index contributed by atoms with van der Waals surface area (Å²) in [4.78, 5) is 25.2. The number of fused-ring (bicyclic) bond motifs is 10. The van der Waals surface area contributed by atoms with Crippen LogP contribution in [0.4, 0.5) is 14.6 Å². The maximum absolute atomic E-state index is 15.6. The Morgan fingerprint density at radius 3 is 2.53 bits per heavy atom. The number of aromatic nitrogens is 3. The molecule has 7 rings (SSSR count). The van der Waals surface area contributed by atoms with Gasteiger partial charge in [-0.2, -0.15) is 0 Å². The largest absolute Gasteiger partial charge is 0.380 e. The van der Waals surface area contributed by atoms with Crippen molar-refractivity contribution in [3.8, 4) is 0 Å². The second-order valence-corrected chi connectivity index (χ2v) is 15.3. The van der Waals surface area contributed by atoms with Crippen LogP contribution < -0.4 is 10.9 Å². The Morgan fingerprint density at radius 1 is 0.978 bits per heavy atom. The van der Waals surface area contributed by atoms with E-state index in [9.17, 15) is 13.2 Å². The van der Waals surface area contributed by atoms with Crippen molar-refractivity contribution in [1.29, 1.82) is 0 Å². The first-order valence-electron chi connectivity index (χ1n) is 16.2. The number of piperidine rings is 1. The highest BCUT2D eigenvalue weighted by molar-refractivity contribution is 7.91. The van der Waals surface area contributed by atoms with Gasteiger partial charge in [0.2, 0.25) is 0 Å². The Hall–Kier alpha value is -2.96. The molecule has 0 aliphatic carbocycles. The van der Waals surface area contributed by atoms with E-state index in [2.05, 4.69) is 20.2 Å². The molecule has 0 spiro atoms. The zero-order chi connectivity index (χ0) is 31.6. The minimum absolute atomic E-state index is 0.0138. The maximum Gasteiger partial charge on any atom is 0.273 e. The second kappa shape index (κ2) is 13.4. The summed E-state index contributed by atoms with van der Waals surface area (Å²) in [6.07, 6.45) is 5.38. The van der Waals surface area contributed by atoms with Gasteiger partial charge in [0.05, 0.1) is 30.0 Å². The summed E-state index contributed by atoms with van der Waals surface area (Å²) in [5, 5.41) is 4.02. The molecule has 1 aromatic carbocycles. The fourth-order valence-corrected chi connectivity index (χ4v) is 8.53. The molecule has 2 fully saturated rings. The minimum atomic E-state index is -3.11. The Labute approximate surface area is 263 Å². The Kier molecular flexibility index (Phi) is 9.54. The Balaban J connectivity index is 1.36. The van der Waals surface area contributed by atoms with Crippen molar-refractivity contribution in [2.24, 2.45) is 5.92 Å². The Morgan fingerprint density at radius 2 is 1.76 bits per heavy atom. The fourth-order valence-electron chi connectivity index (χ4n) is 7.04. The normalized spacial score (nSPS) is 26.5. The second-order valence-electron chi connectivity index (χ2n) is 12.9. The van der Waals surface area contributed by atoms with Gasteiger partial charge in [-0.3, -0.25) is 9.36 Å². The van der Waals surface area contributed by atoms with Gasteiger partial charge in [-0.05, 0) is 94.6 Å². The molecule has 9 nitrogen and oxygen atoms in total. The summed E-state index contributed by atoms with van der Waals surface area (Å²) < 4.78 is 63.1. The quantitative estimate of drug-likeness (QED) is 0.383. The number of anilines is 1. The average Bonchev–Trinajstić information content (AvgIpc) is 3.02. The minimum Gasteiger partial charge on any atom is -0.380 e. The van der Waals surface area contributed by atoms with Gasteiger partial charge in [-0.1, -0.05) is 18.2 Å². The molecule has 4 aliphatic rings. The summed E-state index contributed by atoms with van der Waals surface area (Å²) >= 11 is 0. The van der Waals surface area contributed by atoms with Crippen molar-refractivity contribution < 1.29 is 21.9 Å². The van der Waals surface area contributed by atoms with E-state index in [1.54, 1.807) is 22.8 Å². The summed E-state index contributed by atoms with van der Waals surface area (Å²) in [5.74, 6) is -2.57. The average molecular weight is 644 g/mol. The van der Waals surface area contributed by atoms with Gasteiger partial charge >= 0.3 is 0 Å². The molecule has 45 heavy (non-hydrogen) atoms. The molecule has 6 heterocycles. The van der Waals surface area contributed by atoms with Crippen LogP contribution in [0.1, 0.15) is 80.5 Å². The number of alkyl halides is 2. The van der Waals surface area contributed by atoms with Crippen LogP contribution in [-0.4, -0.2) is 72.2 Å². The van der Waals surface area contributed by atoms with Gasteiger partial charge < -0.3 is 15.0 Å². The van der Waals surface area contributed by atoms with Gasteiger partial charge in [0.1, 0.15) is 27.6 Å². The van der Waals surface area contributed by atoms with E-state index in [0.29, 0.717) is 60.6 Å². The van der Waals surface area contributed by atoms with Crippen molar-refractivity contribution in [3.63, 3.8) is 0 Å². The van der Waals surface area contributed by atoms with Crippen LogP contribution >= 0.6 is 0 Å². The number of rotatable bonds is 1. The first-order chi connectivity index (χ1) is 21.6. The molecule has 0 radical (unpaired) electrons. The van der Waals surface area contributed by atoms with E-state index in [4.69, 9.17) is 4.74 Å². The van der Waals surface area contributed by atoms with Gasteiger partial charge in [0.15, 0.2) is 0 Å². The van der Waals surface area contributed by atoms with Gasteiger partial charge in [-0.15, -0.1) is 0 Å². The van der Waals surface area contributed by atoms with E-state index < -0.39 is 15.8 Å². The van der Waals surface area contributed by atoms with Crippen molar-refractivity contribution in [2.75, 3.05) is 49.7 Å². The lowest BCUT2D eigenvalue weighted by Crippen LogP contribution is -2.36. The van der Waals surface area contributed by atoms with Gasteiger partial charge in [-0.25, -0.2) is 27.2 Å². The molecule has 8 bridgehead atoms. The molecular weight excluding hydrogens is 600 g/mol. The third-order valence-corrected chi connectivity index (χ3v) is 11.5. The maximum atomic E-state index is 15.6. The highest BCUT2D eigenvalue weighted by Crippen LogP contribution is 2.39. The molecule has 3 aromatic rings. The Bertz CT molecular complexity index is 1660. The van der Waals surface area contributed by atoms with Crippen molar-refractivity contribution in [1.82, 2.24) is 19.4 Å². The summed E-state index contributed by atoms with van der Waals surface area (Å²) in [6.45, 7) is 5.69. The summed E-state index contributed by atoms with van der Waals surface area (Å²) in [7, 11) is -3.11. The van der Waals surface area contributed by atoms with E-state index in [0.717, 1.165) is 45.3 Å². The van der Waals surface area contributed by atoms with Crippen LogP contribution in [0.2, 0.25) is 0 Å². The van der Waals surface area contributed by atoms with Gasteiger partial charge in [0.25, 0.3) is 11.5 Å². The predicted octanol–water partition coefficient (Wildman–Crippen LogP) is 5.26. The van der Waals surface area contributed by atoms with Crippen LogP contribution in [-0.2, 0) is 27.0 Å². The third kappa shape index (κ3) is 7.38. The summed E-state index contributed by atoms with van der Waals surface area (Å²) in [5.41, 5.74) is 1.53. The first kappa shape index (κ1) is 32.0. The number of pyridine rings is 1. The topological polar surface area (TPSA) is 106 Å². The van der Waals surface area contributed by atoms with Crippen LogP contribution in [0.5, 0.6) is 0 Å². The molecular formula is C33H43F2N5O4S. The zero-order valence-corrected chi connectivity index (χ0v) is 26.7. The van der Waals surface area contributed by atoms with Crippen molar-refractivity contribution in [2.45, 2.75) is 76.3 Å². The number of hydrogen-bond donors (Lipinski definition) is 1. The lowest BCUT2D eigenvalue weighted by molar-refractivity contribution is -0.0372. The fraction of sp³-hybridized carbons (Fsp3) is 0.606. The molecule has 2 saturated heterocycles. The SMILES string of the molecule is C[C@H]1Nc2ncnc3c2cc(C2CCS(=O)(=O)CC2)c(=O)n3CCOCCCCN2CCC(CC2)CC(F)(F)c2cccc1c2. The monoisotopic (exact) mass is 643 g/mol. The highest BCUT2D eigenvalue weighted by Gasteiger charge is 2.36. The number of halogens is 2. The smallest absolute Gasteiger partial charge is 0.273 e. The van der Waals surface area contributed by atoms with E-state index in [1.165, 1.54) is 12.4 Å². The molecule has 12 heteroatoms. The molecule has 0 saturated carbocycles.